The van der Waals surface area contributed by atoms with Crippen LogP contribution in [-0.4, -0.2) is 65.0 Å². The van der Waals surface area contributed by atoms with Gasteiger partial charge in [0.25, 0.3) is 0 Å². The molecule has 3 aliphatic heterocycles. The van der Waals surface area contributed by atoms with Crippen LogP contribution in [0.5, 0.6) is 0 Å². The molecule has 0 N–H and O–H groups in total. The minimum atomic E-state index is -0.839. The van der Waals surface area contributed by atoms with E-state index in [0.29, 0.717) is 49.8 Å². The topological polar surface area (TPSA) is 96.5 Å². The van der Waals surface area contributed by atoms with E-state index in [1.807, 2.05) is 78.9 Å². The second kappa shape index (κ2) is 13.4. The van der Waals surface area contributed by atoms with Crippen LogP contribution in [0, 0.1) is 23.7 Å². The lowest BCUT2D eigenvalue weighted by Crippen LogP contribution is -2.58. The van der Waals surface area contributed by atoms with Gasteiger partial charge in [0.1, 0.15) is 18.2 Å². The van der Waals surface area contributed by atoms with Crippen LogP contribution in [0.15, 0.2) is 78.9 Å². The summed E-state index contributed by atoms with van der Waals surface area (Å²) >= 11 is 0. The van der Waals surface area contributed by atoms with E-state index in [2.05, 4.69) is 0 Å². The summed E-state index contributed by atoms with van der Waals surface area (Å²) in [5, 5.41) is 0. The molecule has 0 radical (unpaired) electrons. The quantitative estimate of drug-likeness (QED) is 0.268. The number of anilines is 1. The number of nitrogens with zero attached hydrogens (tertiary/aromatic N) is 3. The largest absolute Gasteiger partial charge is 0.469 e. The van der Waals surface area contributed by atoms with Crippen molar-refractivity contribution in [3.8, 4) is 0 Å². The van der Waals surface area contributed by atoms with Crippen LogP contribution in [-0.2, 0) is 43.2 Å². The Morgan fingerprint density at radius 2 is 1.35 bits per heavy atom. The van der Waals surface area contributed by atoms with Crippen LogP contribution >= 0.6 is 0 Å². The molecule has 4 aliphatic carbocycles. The molecule has 3 amide bonds. The molecule has 4 saturated carbocycles. The van der Waals surface area contributed by atoms with Crippen LogP contribution in [0.25, 0.3) is 0 Å². The van der Waals surface area contributed by atoms with E-state index in [1.54, 1.807) is 14.7 Å². The summed E-state index contributed by atoms with van der Waals surface area (Å²) in [6.45, 7) is 0.351. The Hall–Kier alpha value is -4.66. The molecule has 9 heteroatoms. The molecule has 4 bridgehead atoms. The molecule has 5 fully saturated rings. The summed E-state index contributed by atoms with van der Waals surface area (Å²) in [4.78, 5) is 62.4. The fraction of sp³-hybridized carbons (Fsp3) is 0.488. The Labute approximate surface area is 305 Å². The van der Waals surface area contributed by atoms with Gasteiger partial charge in [0.15, 0.2) is 0 Å². The van der Waals surface area contributed by atoms with E-state index in [4.69, 9.17) is 9.47 Å². The van der Waals surface area contributed by atoms with Gasteiger partial charge >= 0.3 is 12.1 Å². The molecule has 52 heavy (non-hydrogen) atoms. The molecular weight excluding hydrogens is 654 g/mol. The Bertz CT molecular complexity index is 1850. The number of esters is 1. The maximum absolute atomic E-state index is 15.3. The SMILES string of the molecule is COC(=O)C[C@H]1Cc2ccccc2CN1C(=O)[C@H]1CC[C@@H](c2ccccc2)N1C(=O)[C@H]1Cc2ccccc2N1C(=O)OC1C2CC3CC(C2)CC1C3. The van der Waals surface area contributed by atoms with Gasteiger partial charge in [-0.25, -0.2) is 4.79 Å². The number of carbonyl (C=O) groups is 4. The average molecular weight is 702 g/mol. The van der Waals surface area contributed by atoms with Gasteiger partial charge in [-0.3, -0.25) is 19.3 Å². The number of hydrogen-bond acceptors (Lipinski definition) is 6. The fourth-order valence-corrected chi connectivity index (χ4v) is 11.1. The van der Waals surface area contributed by atoms with E-state index in [9.17, 15) is 14.4 Å². The molecular formula is C43H47N3O6. The van der Waals surface area contributed by atoms with Crippen molar-refractivity contribution in [1.82, 2.24) is 9.80 Å². The molecule has 270 valence electrons. The summed E-state index contributed by atoms with van der Waals surface area (Å²) in [5.41, 5.74) is 4.74. The third-order valence-electron chi connectivity index (χ3n) is 13.2. The van der Waals surface area contributed by atoms with Gasteiger partial charge in [-0.1, -0.05) is 72.8 Å². The van der Waals surface area contributed by atoms with Crippen molar-refractivity contribution >= 4 is 29.6 Å². The number of para-hydroxylation sites is 1. The number of hydrogen-bond donors (Lipinski definition) is 0. The zero-order valence-electron chi connectivity index (χ0n) is 29.8. The van der Waals surface area contributed by atoms with E-state index >= 15 is 4.79 Å². The highest BCUT2D eigenvalue weighted by atomic mass is 16.6. The molecule has 3 heterocycles. The fourth-order valence-electron chi connectivity index (χ4n) is 11.1. The third-order valence-corrected chi connectivity index (χ3v) is 13.2. The number of fused-ring (bicyclic) bond motifs is 2. The van der Waals surface area contributed by atoms with Crippen molar-refractivity contribution in [2.45, 2.75) is 101 Å². The summed E-state index contributed by atoms with van der Waals surface area (Å²) < 4.78 is 11.5. The van der Waals surface area contributed by atoms with Crippen LogP contribution in [0.2, 0.25) is 0 Å². The monoisotopic (exact) mass is 701 g/mol. The van der Waals surface area contributed by atoms with Crippen molar-refractivity contribution in [3.63, 3.8) is 0 Å². The maximum atomic E-state index is 15.3. The van der Waals surface area contributed by atoms with Crippen molar-refractivity contribution in [3.05, 3.63) is 101 Å². The van der Waals surface area contributed by atoms with Gasteiger partial charge in [0, 0.05) is 19.0 Å². The van der Waals surface area contributed by atoms with Crippen molar-refractivity contribution in [1.29, 1.82) is 0 Å². The lowest BCUT2D eigenvalue weighted by molar-refractivity contribution is -0.150. The molecule has 0 spiro atoms. The molecule has 3 aromatic carbocycles. The van der Waals surface area contributed by atoms with Crippen molar-refractivity contribution in [2.24, 2.45) is 23.7 Å². The number of methoxy groups -OCH3 is 1. The van der Waals surface area contributed by atoms with Gasteiger partial charge in [0.05, 0.1) is 25.3 Å². The van der Waals surface area contributed by atoms with Crippen LogP contribution in [0.3, 0.4) is 0 Å². The molecule has 1 saturated heterocycles. The first kappa shape index (κ1) is 33.2. The predicted octanol–water partition coefficient (Wildman–Crippen LogP) is 6.63. The zero-order chi connectivity index (χ0) is 35.5. The maximum Gasteiger partial charge on any atom is 0.415 e. The van der Waals surface area contributed by atoms with Crippen molar-refractivity contribution in [2.75, 3.05) is 12.0 Å². The number of benzene rings is 3. The first-order valence-corrected chi connectivity index (χ1v) is 19.2. The molecule has 3 aromatic rings. The van der Waals surface area contributed by atoms with E-state index in [-0.39, 0.29) is 36.4 Å². The Kier molecular flexibility index (Phi) is 8.55. The van der Waals surface area contributed by atoms with Crippen LogP contribution < -0.4 is 4.90 Å². The van der Waals surface area contributed by atoms with Crippen LogP contribution in [0.4, 0.5) is 10.5 Å². The molecule has 0 unspecified atom stereocenters. The van der Waals surface area contributed by atoms with Gasteiger partial charge in [0.2, 0.25) is 11.8 Å². The highest BCUT2D eigenvalue weighted by Crippen LogP contribution is 2.55. The average Bonchev–Trinajstić information content (AvgIpc) is 3.78. The van der Waals surface area contributed by atoms with Gasteiger partial charge in [-0.2, -0.15) is 0 Å². The summed E-state index contributed by atoms with van der Waals surface area (Å²) in [5.74, 6) is 1.49. The Balaban J connectivity index is 1.04. The summed E-state index contributed by atoms with van der Waals surface area (Å²) in [7, 11) is 1.37. The molecule has 0 aromatic heterocycles. The Morgan fingerprint density at radius 1 is 0.692 bits per heavy atom. The van der Waals surface area contributed by atoms with E-state index in [0.717, 1.165) is 59.8 Å². The van der Waals surface area contributed by atoms with Crippen molar-refractivity contribution < 1.29 is 28.7 Å². The van der Waals surface area contributed by atoms with E-state index in [1.165, 1.54) is 13.5 Å². The number of carbonyl (C=O) groups excluding carboxylic acids is 4. The molecule has 7 aliphatic rings. The van der Waals surface area contributed by atoms with Gasteiger partial charge in [-0.05, 0) is 103 Å². The number of rotatable bonds is 6. The molecule has 4 atom stereocenters. The zero-order valence-corrected chi connectivity index (χ0v) is 29.8. The predicted molar refractivity (Wildman–Crippen MR) is 194 cm³/mol. The summed E-state index contributed by atoms with van der Waals surface area (Å²) in [6, 6.07) is 23.3. The third kappa shape index (κ3) is 5.77. The second-order valence-corrected chi connectivity index (χ2v) is 16.1. The minimum absolute atomic E-state index is 0.0710. The second-order valence-electron chi connectivity index (χ2n) is 16.1. The normalized spacial score (nSPS) is 31.2. The van der Waals surface area contributed by atoms with Crippen LogP contribution in [0.1, 0.15) is 79.7 Å². The highest BCUT2D eigenvalue weighted by Gasteiger charge is 2.53. The lowest BCUT2D eigenvalue weighted by atomic mass is 9.55. The number of likely N-dealkylation sites (tertiary alicyclic amines) is 1. The number of amides is 3. The lowest BCUT2D eigenvalue weighted by Gasteiger charge is -2.53. The molecule has 9 nitrogen and oxygen atoms in total. The standard InChI is InChI=1S/C43H47N3O6/c1-51-39(47)24-34-22-29-11-5-6-13-31(29)25-44(34)41(48)37-16-15-36(28-9-3-2-4-10-28)45(37)42(49)38-23-30-12-7-8-14-35(30)46(38)43(50)52-40-32-18-26-17-27(20-32)21-33(40)19-26/h2-14,26-27,32-34,36-38,40H,15-25H2,1H3/t26?,27?,32?,33?,34-,36+,37-,38-,40?/m1/s1. The van der Waals surface area contributed by atoms with Gasteiger partial charge < -0.3 is 19.3 Å². The summed E-state index contributed by atoms with van der Waals surface area (Å²) in [6.07, 6.45) is 7.28. The smallest absolute Gasteiger partial charge is 0.415 e. The first-order valence-electron chi connectivity index (χ1n) is 19.2. The van der Waals surface area contributed by atoms with Gasteiger partial charge in [-0.15, -0.1) is 0 Å². The van der Waals surface area contributed by atoms with E-state index < -0.39 is 24.2 Å². The minimum Gasteiger partial charge on any atom is -0.469 e. The Morgan fingerprint density at radius 3 is 2.06 bits per heavy atom. The highest BCUT2D eigenvalue weighted by molar-refractivity contribution is 6.02. The number of ether oxygens (including phenoxy) is 2. The first-order chi connectivity index (χ1) is 25.4. The molecule has 10 rings (SSSR count).